The van der Waals surface area contributed by atoms with E-state index in [4.69, 9.17) is 14.2 Å². The molecule has 0 bridgehead atoms. The maximum absolute atomic E-state index is 13.2. The number of nitrogens with zero attached hydrogens (tertiary/aromatic N) is 4. The van der Waals surface area contributed by atoms with Gasteiger partial charge in [-0.2, -0.15) is 14.8 Å². The molecule has 0 saturated heterocycles. The lowest BCUT2D eigenvalue weighted by Gasteiger charge is -2.15. The molecule has 11 heteroatoms. The number of methoxy groups -OCH3 is 3. The average Bonchev–Trinajstić information content (AvgIpc) is 3.51. The highest BCUT2D eigenvalue weighted by molar-refractivity contribution is 7.13. The van der Waals surface area contributed by atoms with Crippen molar-refractivity contribution in [1.82, 2.24) is 9.78 Å². The molecule has 0 saturated carbocycles. The molecule has 1 aliphatic heterocycles. The largest absolute Gasteiger partial charge is 0.493 e. The van der Waals surface area contributed by atoms with Gasteiger partial charge in [-0.3, -0.25) is 9.59 Å². The zero-order chi connectivity index (χ0) is 24.4. The molecule has 10 nitrogen and oxygen atoms in total. The minimum absolute atomic E-state index is 0.0258. The molecule has 1 aliphatic rings. The number of benzene rings is 1. The first-order valence-corrected chi connectivity index (χ1v) is 10.9. The Labute approximate surface area is 199 Å². The topological polar surface area (TPSA) is 116 Å². The fraction of sp³-hybridized carbons (Fsp3) is 0.174. The second kappa shape index (κ2) is 9.32. The van der Waals surface area contributed by atoms with Gasteiger partial charge in [-0.1, -0.05) is 12.6 Å². The number of aromatic nitrogens is 2. The van der Waals surface area contributed by atoms with Gasteiger partial charge in [0.25, 0.3) is 17.8 Å². The molecule has 3 aromatic rings. The Bertz CT molecular complexity index is 1330. The van der Waals surface area contributed by atoms with Crippen LogP contribution in [0.2, 0.25) is 0 Å². The molecule has 174 valence electrons. The van der Waals surface area contributed by atoms with Crippen LogP contribution in [0.1, 0.15) is 17.3 Å². The third kappa shape index (κ3) is 4.20. The van der Waals surface area contributed by atoms with Crippen molar-refractivity contribution in [3.63, 3.8) is 0 Å². The number of aliphatic imine (C=N–C) groups is 2. The van der Waals surface area contributed by atoms with Crippen LogP contribution in [0, 0.1) is 0 Å². The van der Waals surface area contributed by atoms with Crippen molar-refractivity contribution < 1.29 is 23.8 Å². The predicted octanol–water partition coefficient (Wildman–Crippen LogP) is 3.65. The van der Waals surface area contributed by atoms with Crippen LogP contribution in [0.15, 0.2) is 57.8 Å². The quantitative estimate of drug-likeness (QED) is 0.540. The Morgan fingerprint density at radius 2 is 1.79 bits per heavy atom. The zero-order valence-corrected chi connectivity index (χ0v) is 19.7. The van der Waals surface area contributed by atoms with E-state index < -0.39 is 11.8 Å². The van der Waals surface area contributed by atoms with Crippen LogP contribution in [0.3, 0.4) is 0 Å². The molecule has 1 aromatic carbocycles. The molecule has 0 fully saturated rings. The summed E-state index contributed by atoms with van der Waals surface area (Å²) in [5.74, 6) is 0.354. The molecule has 34 heavy (non-hydrogen) atoms. The molecule has 4 rings (SSSR count). The van der Waals surface area contributed by atoms with E-state index in [9.17, 15) is 9.59 Å². The molecule has 2 aromatic heterocycles. The molecular weight excluding hydrogens is 458 g/mol. The summed E-state index contributed by atoms with van der Waals surface area (Å²) in [7, 11) is 4.41. The van der Waals surface area contributed by atoms with E-state index in [2.05, 4.69) is 27.0 Å². The van der Waals surface area contributed by atoms with Gasteiger partial charge in [0.05, 0.1) is 37.5 Å². The van der Waals surface area contributed by atoms with Crippen molar-refractivity contribution in [3.8, 4) is 27.8 Å². The minimum Gasteiger partial charge on any atom is -0.493 e. The fourth-order valence-corrected chi connectivity index (χ4v) is 3.90. The maximum atomic E-state index is 13.2. The number of rotatable bonds is 6. The Morgan fingerprint density at radius 1 is 1.09 bits per heavy atom. The smallest absolute Gasteiger partial charge is 0.281 e. The Hall–Kier alpha value is -4.25. The first kappa shape index (κ1) is 22.9. The number of hydrogen-bond donors (Lipinski definition) is 1. The van der Waals surface area contributed by atoms with Gasteiger partial charge in [-0.25, -0.2) is 4.99 Å². The number of nitrogens with one attached hydrogen (secondary N) is 1. The second-order valence-corrected chi connectivity index (χ2v) is 8.01. The average molecular weight is 480 g/mol. The van der Waals surface area contributed by atoms with Crippen molar-refractivity contribution in [2.45, 2.75) is 6.92 Å². The van der Waals surface area contributed by atoms with Crippen LogP contribution in [-0.2, 0) is 4.79 Å². The van der Waals surface area contributed by atoms with Gasteiger partial charge >= 0.3 is 0 Å². The summed E-state index contributed by atoms with van der Waals surface area (Å²) in [6.45, 7) is 5.35. The molecule has 1 N–H and O–H groups in total. The number of hydrogen-bond acceptors (Lipinski definition) is 8. The number of thiophene rings is 1. The van der Waals surface area contributed by atoms with Crippen molar-refractivity contribution in [2.24, 2.45) is 9.98 Å². The van der Waals surface area contributed by atoms with E-state index in [1.165, 1.54) is 49.5 Å². The van der Waals surface area contributed by atoms with E-state index in [-0.39, 0.29) is 22.9 Å². The number of carbonyl (C=O) groups excluding carboxylic acids is 2. The highest BCUT2D eigenvalue weighted by Crippen LogP contribution is 2.38. The third-order valence-electron chi connectivity index (χ3n) is 5.01. The molecule has 0 atom stereocenters. The van der Waals surface area contributed by atoms with E-state index >= 15 is 0 Å². The first-order chi connectivity index (χ1) is 16.4. The van der Waals surface area contributed by atoms with E-state index in [1.807, 2.05) is 17.5 Å². The normalized spacial score (nSPS) is 13.3. The van der Waals surface area contributed by atoms with E-state index in [0.717, 1.165) is 4.88 Å². The Balaban J connectivity index is 1.76. The monoisotopic (exact) mass is 479 g/mol. The summed E-state index contributed by atoms with van der Waals surface area (Å²) in [5, 5.41) is 9.27. The van der Waals surface area contributed by atoms with Crippen molar-refractivity contribution >= 4 is 40.6 Å². The Kier molecular flexibility index (Phi) is 6.28. The maximum Gasteiger partial charge on any atom is 0.281 e. The third-order valence-corrected chi connectivity index (χ3v) is 5.90. The lowest BCUT2D eigenvalue weighted by Crippen LogP contribution is -2.25. The van der Waals surface area contributed by atoms with E-state index in [1.54, 1.807) is 13.0 Å². The van der Waals surface area contributed by atoms with Crippen LogP contribution in [-0.4, -0.2) is 54.6 Å². The molecule has 0 unspecified atom stereocenters. The zero-order valence-electron chi connectivity index (χ0n) is 18.9. The highest BCUT2D eigenvalue weighted by atomic mass is 32.1. The predicted molar refractivity (Wildman–Crippen MR) is 130 cm³/mol. The summed E-state index contributed by atoms with van der Waals surface area (Å²) < 4.78 is 17.3. The number of amides is 2. The number of carbonyl (C=O) groups is 2. The molecule has 0 aliphatic carbocycles. The summed E-state index contributed by atoms with van der Waals surface area (Å²) in [5.41, 5.74) is 1.47. The summed E-state index contributed by atoms with van der Waals surface area (Å²) in [4.78, 5) is 34.6. The van der Waals surface area contributed by atoms with Gasteiger partial charge < -0.3 is 19.5 Å². The standard InChI is InChI=1S/C23H21N5O5S/c1-12-13(2)24-23(26-21(12)29)28-19(11-15(27-28)18-7-6-8-34-18)25-22(30)14-9-16(31-3)20(33-5)17(10-14)32-4/h6-11H,1H2,2-5H3,(H,25,30). The lowest BCUT2D eigenvalue weighted by atomic mass is 10.1. The van der Waals surface area contributed by atoms with Crippen molar-refractivity contribution in [3.05, 3.63) is 53.4 Å². The lowest BCUT2D eigenvalue weighted by molar-refractivity contribution is -0.113. The van der Waals surface area contributed by atoms with Crippen LogP contribution < -0.4 is 19.5 Å². The van der Waals surface area contributed by atoms with Gasteiger partial charge in [0.15, 0.2) is 11.5 Å². The van der Waals surface area contributed by atoms with Crippen molar-refractivity contribution in [2.75, 3.05) is 26.6 Å². The van der Waals surface area contributed by atoms with Crippen LogP contribution in [0.5, 0.6) is 17.2 Å². The molecular formula is C23H21N5O5S. The van der Waals surface area contributed by atoms with Gasteiger partial charge in [-0.15, -0.1) is 11.3 Å². The van der Waals surface area contributed by atoms with E-state index in [0.29, 0.717) is 28.7 Å². The minimum atomic E-state index is -0.516. The second-order valence-electron chi connectivity index (χ2n) is 7.06. The SMILES string of the molecule is C=C1C(=O)N=C(n2nc(-c3cccs3)cc2NC(=O)c2cc(OC)c(OC)c(OC)c2)N=C1C. The summed E-state index contributed by atoms with van der Waals surface area (Å²) in [6, 6.07) is 8.54. The van der Waals surface area contributed by atoms with Gasteiger partial charge in [0.1, 0.15) is 11.5 Å². The summed E-state index contributed by atoms with van der Waals surface area (Å²) in [6.07, 6.45) is 0. The summed E-state index contributed by atoms with van der Waals surface area (Å²) >= 11 is 1.48. The number of anilines is 1. The molecule has 0 spiro atoms. The van der Waals surface area contributed by atoms with Gasteiger partial charge in [0.2, 0.25) is 5.75 Å². The fourth-order valence-electron chi connectivity index (χ4n) is 3.22. The number of ether oxygens (including phenoxy) is 3. The Morgan fingerprint density at radius 3 is 2.35 bits per heavy atom. The molecule has 0 radical (unpaired) electrons. The van der Waals surface area contributed by atoms with Gasteiger partial charge in [-0.05, 0) is 30.5 Å². The highest BCUT2D eigenvalue weighted by Gasteiger charge is 2.24. The van der Waals surface area contributed by atoms with Crippen LogP contribution in [0.4, 0.5) is 5.82 Å². The van der Waals surface area contributed by atoms with Crippen molar-refractivity contribution in [1.29, 1.82) is 0 Å². The first-order valence-electron chi connectivity index (χ1n) is 9.99. The van der Waals surface area contributed by atoms with Gasteiger partial charge in [0, 0.05) is 11.6 Å². The van der Waals surface area contributed by atoms with Crippen LogP contribution in [0.25, 0.3) is 10.6 Å². The van der Waals surface area contributed by atoms with Crippen LogP contribution >= 0.6 is 11.3 Å². The molecule has 2 amide bonds. The molecule has 3 heterocycles.